The Labute approximate surface area is 91.5 Å². The molecule has 13 heavy (non-hydrogen) atoms. The van der Waals surface area contributed by atoms with Gasteiger partial charge >= 0.3 is 0 Å². The van der Waals surface area contributed by atoms with Gasteiger partial charge in [-0.05, 0) is 24.1 Å². The number of rotatable bonds is 2. The van der Waals surface area contributed by atoms with Gasteiger partial charge < -0.3 is 0 Å². The molecule has 0 aliphatic carbocycles. The molecule has 0 aliphatic rings. The summed E-state index contributed by atoms with van der Waals surface area (Å²) in [5, 5.41) is 8.10. The van der Waals surface area contributed by atoms with Gasteiger partial charge in [0.05, 0.1) is 6.07 Å². The van der Waals surface area contributed by atoms with E-state index in [4.69, 9.17) is 16.9 Å². The van der Waals surface area contributed by atoms with Crippen LogP contribution in [0, 0.1) is 18.3 Å². The molecule has 0 heterocycles. The molecule has 1 atom stereocenters. The Morgan fingerprint density at radius 3 is 2.85 bits per heavy atom. The number of alkyl halides is 1. The molecule has 1 nitrogen and oxygen atoms in total. The number of hydrogen-bond donors (Lipinski definition) is 0. The fraction of sp³-hybridized carbons (Fsp3) is 0.300. The fourth-order valence-electron chi connectivity index (χ4n) is 1.06. The molecule has 0 N–H and O–H groups in total. The molecule has 1 rings (SSSR count). The molecule has 0 unspecified atom stereocenters. The van der Waals surface area contributed by atoms with Crippen molar-refractivity contribution >= 4 is 27.5 Å². The molecule has 0 saturated carbocycles. The van der Waals surface area contributed by atoms with Crippen LogP contribution in [0.15, 0.2) is 22.7 Å². The average molecular weight is 259 g/mol. The third kappa shape index (κ3) is 3.02. The van der Waals surface area contributed by atoms with E-state index in [9.17, 15) is 0 Å². The molecular formula is C10H9BrClN. The van der Waals surface area contributed by atoms with Crippen molar-refractivity contribution in [3.8, 4) is 6.07 Å². The Hall–Kier alpha value is -0.520. The summed E-state index contributed by atoms with van der Waals surface area (Å²) in [7, 11) is 0. The van der Waals surface area contributed by atoms with Gasteiger partial charge in [-0.3, -0.25) is 0 Å². The van der Waals surface area contributed by atoms with Gasteiger partial charge in [0, 0.05) is 10.9 Å². The van der Waals surface area contributed by atoms with Crippen LogP contribution in [-0.4, -0.2) is 5.38 Å². The quantitative estimate of drug-likeness (QED) is 0.746. The Bertz CT molecular complexity index is 343. The molecule has 1 aromatic rings. The maximum Gasteiger partial charge on any atom is 0.124 e. The fourth-order valence-corrected chi connectivity index (χ4v) is 1.88. The van der Waals surface area contributed by atoms with Crippen molar-refractivity contribution in [3.63, 3.8) is 0 Å². The van der Waals surface area contributed by atoms with E-state index < -0.39 is 5.38 Å². The molecule has 0 bridgehead atoms. The van der Waals surface area contributed by atoms with Crippen LogP contribution in [0.1, 0.15) is 11.1 Å². The van der Waals surface area contributed by atoms with Crippen molar-refractivity contribution in [2.45, 2.75) is 18.7 Å². The minimum Gasteiger partial charge on any atom is -0.197 e. The Kier molecular flexibility index (Phi) is 3.77. The van der Waals surface area contributed by atoms with Crippen LogP contribution in [0.25, 0.3) is 0 Å². The first-order chi connectivity index (χ1) is 6.13. The van der Waals surface area contributed by atoms with Crippen LogP contribution in [-0.2, 0) is 6.42 Å². The number of benzene rings is 1. The highest BCUT2D eigenvalue weighted by molar-refractivity contribution is 9.10. The maximum atomic E-state index is 8.54. The van der Waals surface area contributed by atoms with Crippen LogP contribution < -0.4 is 0 Å². The monoisotopic (exact) mass is 257 g/mol. The molecule has 0 fully saturated rings. The van der Waals surface area contributed by atoms with Gasteiger partial charge in [0.15, 0.2) is 0 Å². The predicted molar refractivity (Wildman–Crippen MR) is 57.8 cm³/mol. The molecule has 0 aliphatic heterocycles. The van der Waals surface area contributed by atoms with E-state index in [0.29, 0.717) is 6.42 Å². The van der Waals surface area contributed by atoms with E-state index in [2.05, 4.69) is 15.9 Å². The van der Waals surface area contributed by atoms with Crippen molar-refractivity contribution in [1.82, 2.24) is 0 Å². The first-order valence-corrected chi connectivity index (χ1v) is 5.15. The highest BCUT2D eigenvalue weighted by atomic mass is 79.9. The highest BCUT2D eigenvalue weighted by Crippen LogP contribution is 2.20. The third-order valence-electron chi connectivity index (χ3n) is 1.75. The van der Waals surface area contributed by atoms with E-state index in [0.717, 1.165) is 10.0 Å². The Morgan fingerprint density at radius 2 is 2.31 bits per heavy atom. The summed E-state index contributed by atoms with van der Waals surface area (Å²) in [5.41, 5.74) is 2.27. The van der Waals surface area contributed by atoms with Crippen LogP contribution in [0.2, 0.25) is 0 Å². The lowest BCUT2D eigenvalue weighted by Crippen LogP contribution is -2.00. The van der Waals surface area contributed by atoms with Crippen molar-refractivity contribution in [3.05, 3.63) is 33.8 Å². The van der Waals surface area contributed by atoms with E-state index in [1.165, 1.54) is 5.56 Å². The van der Waals surface area contributed by atoms with Crippen LogP contribution in [0.5, 0.6) is 0 Å². The lowest BCUT2D eigenvalue weighted by molar-refractivity contribution is 1.01. The molecular weight excluding hydrogens is 249 g/mol. The zero-order valence-corrected chi connectivity index (χ0v) is 9.56. The van der Waals surface area contributed by atoms with Crippen molar-refractivity contribution in [1.29, 1.82) is 5.26 Å². The van der Waals surface area contributed by atoms with Gasteiger partial charge in [0.25, 0.3) is 0 Å². The normalized spacial score (nSPS) is 12.2. The second-order valence-electron chi connectivity index (χ2n) is 2.90. The van der Waals surface area contributed by atoms with Crippen molar-refractivity contribution < 1.29 is 0 Å². The first kappa shape index (κ1) is 10.6. The molecule has 1 aromatic carbocycles. The van der Waals surface area contributed by atoms with E-state index in [1.807, 2.05) is 31.2 Å². The van der Waals surface area contributed by atoms with Gasteiger partial charge in [-0.25, -0.2) is 0 Å². The second kappa shape index (κ2) is 4.64. The summed E-state index contributed by atoms with van der Waals surface area (Å²) in [5.74, 6) is 0. The Balaban J connectivity index is 2.85. The number of aryl methyl sites for hydroxylation is 1. The molecule has 0 radical (unpaired) electrons. The zero-order chi connectivity index (χ0) is 9.84. The van der Waals surface area contributed by atoms with E-state index in [-0.39, 0.29) is 0 Å². The lowest BCUT2D eigenvalue weighted by atomic mass is 10.1. The highest BCUT2D eigenvalue weighted by Gasteiger charge is 2.06. The van der Waals surface area contributed by atoms with Crippen LogP contribution >= 0.6 is 27.5 Å². The second-order valence-corrected chi connectivity index (χ2v) is 4.28. The van der Waals surface area contributed by atoms with E-state index in [1.54, 1.807) is 0 Å². The van der Waals surface area contributed by atoms with Gasteiger partial charge in [-0.2, -0.15) is 5.26 Å². The number of halogens is 2. The van der Waals surface area contributed by atoms with Gasteiger partial charge in [0.1, 0.15) is 5.38 Å². The molecule has 3 heteroatoms. The topological polar surface area (TPSA) is 23.8 Å². The van der Waals surface area contributed by atoms with Gasteiger partial charge in [-0.15, -0.1) is 11.6 Å². The summed E-state index contributed by atoms with van der Waals surface area (Å²) >= 11 is 9.17. The zero-order valence-electron chi connectivity index (χ0n) is 7.22. The summed E-state index contributed by atoms with van der Waals surface area (Å²) < 4.78 is 1.02. The molecule has 68 valence electrons. The third-order valence-corrected chi connectivity index (χ3v) is 2.74. The van der Waals surface area contributed by atoms with Crippen molar-refractivity contribution in [2.75, 3.05) is 0 Å². The van der Waals surface area contributed by atoms with Crippen LogP contribution in [0.3, 0.4) is 0 Å². The number of hydrogen-bond acceptors (Lipinski definition) is 1. The van der Waals surface area contributed by atoms with Crippen LogP contribution in [0.4, 0.5) is 0 Å². The summed E-state index contributed by atoms with van der Waals surface area (Å²) in [6.45, 7) is 2.02. The van der Waals surface area contributed by atoms with Gasteiger partial charge in [-0.1, -0.05) is 28.1 Å². The maximum absolute atomic E-state index is 8.54. The van der Waals surface area contributed by atoms with Gasteiger partial charge in [0.2, 0.25) is 0 Å². The predicted octanol–water partition coefficient (Wildman–Crippen LogP) is 3.43. The molecule has 0 aromatic heterocycles. The SMILES string of the molecule is Cc1ccc(C[C@@H](Cl)C#N)c(Br)c1. The summed E-state index contributed by atoms with van der Waals surface area (Å²) in [6.07, 6.45) is 0.582. The lowest BCUT2D eigenvalue weighted by Gasteiger charge is -2.05. The standard InChI is InChI=1S/C10H9BrClN/c1-7-2-3-8(10(11)4-7)5-9(12)6-13/h2-4,9H,5H2,1H3/t9-/m1/s1. The largest absolute Gasteiger partial charge is 0.197 e. The Morgan fingerprint density at radius 1 is 1.62 bits per heavy atom. The molecule has 0 amide bonds. The number of nitriles is 1. The minimum atomic E-state index is -0.445. The minimum absolute atomic E-state index is 0.445. The van der Waals surface area contributed by atoms with E-state index >= 15 is 0 Å². The summed E-state index contributed by atoms with van der Waals surface area (Å²) in [4.78, 5) is 0. The smallest absolute Gasteiger partial charge is 0.124 e. The summed E-state index contributed by atoms with van der Waals surface area (Å²) in [6, 6.07) is 8.03. The number of nitrogens with zero attached hydrogens (tertiary/aromatic N) is 1. The average Bonchev–Trinajstić information content (AvgIpc) is 2.09. The first-order valence-electron chi connectivity index (χ1n) is 3.92. The molecule has 0 saturated heterocycles. The van der Waals surface area contributed by atoms with Crippen molar-refractivity contribution in [2.24, 2.45) is 0 Å². The molecule has 0 spiro atoms.